The first-order valence-corrected chi connectivity index (χ1v) is 11.7. The van der Waals surface area contributed by atoms with Crippen LogP contribution in [-0.4, -0.2) is 0 Å². The van der Waals surface area contributed by atoms with Crippen LogP contribution in [0.5, 0.6) is 11.5 Å². The second kappa shape index (κ2) is 6.87. The highest BCUT2D eigenvalue weighted by Crippen LogP contribution is 2.48. The van der Waals surface area contributed by atoms with E-state index in [1.54, 1.807) is 0 Å². The molecule has 0 fully saturated rings. The lowest BCUT2D eigenvalue weighted by Gasteiger charge is -2.22. The van der Waals surface area contributed by atoms with Crippen molar-refractivity contribution in [3.8, 4) is 45.3 Å². The number of para-hydroxylation sites is 2. The first-order chi connectivity index (χ1) is 17.3. The molecule has 1 aliphatic rings. The highest BCUT2D eigenvalue weighted by molar-refractivity contribution is 6.09. The largest absolute Gasteiger partial charge is 0.456 e. The Bertz CT molecular complexity index is 1940. The first kappa shape index (κ1) is 18.6. The van der Waals surface area contributed by atoms with E-state index in [2.05, 4.69) is 54.6 Å². The molecule has 5 aromatic carbocycles. The fourth-order valence-electron chi connectivity index (χ4n) is 5.31. The summed E-state index contributed by atoms with van der Waals surface area (Å²) in [5.41, 5.74) is 6.09. The fraction of sp³-hybridized carbons (Fsp3) is 0. The zero-order valence-electron chi connectivity index (χ0n) is 18.6. The van der Waals surface area contributed by atoms with Crippen LogP contribution < -0.4 is 4.74 Å². The normalized spacial score (nSPS) is 12.2. The Labute approximate surface area is 200 Å². The molecule has 0 saturated carbocycles. The SMILES string of the molecule is c1ccc2c(c1)Oc1ccc(-c3ccc(-c4ccc5c(c4)oc4ccccc45)o3)c3cccc-2c13. The van der Waals surface area contributed by atoms with Crippen molar-refractivity contribution in [3.05, 3.63) is 109 Å². The second-order valence-electron chi connectivity index (χ2n) is 8.91. The average molecular weight is 450 g/mol. The molecule has 1 aliphatic heterocycles. The lowest BCUT2D eigenvalue weighted by atomic mass is 9.92. The van der Waals surface area contributed by atoms with Crippen molar-refractivity contribution in [1.82, 2.24) is 0 Å². The minimum atomic E-state index is 0.810. The molecule has 0 aliphatic carbocycles. The van der Waals surface area contributed by atoms with Gasteiger partial charge in [0.1, 0.15) is 34.2 Å². The van der Waals surface area contributed by atoms with Crippen molar-refractivity contribution in [1.29, 1.82) is 0 Å². The van der Waals surface area contributed by atoms with Crippen LogP contribution in [0.25, 0.3) is 66.5 Å². The molecule has 0 N–H and O–H groups in total. The van der Waals surface area contributed by atoms with Crippen LogP contribution >= 0.6 is 0 Å². The van der Waals surface area contributed by atoms with Gasteiger partial charge in [-0.1, -0.05) is 60.7 Å². The lowest BCUT2D eigenvalue weighted by Crippen LogP contribution is -1.97. The van der Waals surface area contributed by atoms with Gasteiger partial charge < -0.3 is 13.6 Å². The first-order valence-electron chi connectivity index (χ1n) is 11.7. The van der Waals surface area contributed by atoms with Crippen molar-refractivity contribution < 1.29 is 13.6 Å². The number of rotatable bonds is 2. The zero-order chi connectivity index (χ0) is 22.9. The Hall–Kier alpha value is -4.76. The molecule has 0 saturated heterocycles. The second-order valence-corrected chi connectivity index (χ2v) is 8.91. The average Bonchev–Trinajstić information content (AvgIpc) is 3.54. The van der Waals surface area contributed by atoms with Crippen LogP contribution in [0.4, 0.5) is 0 Å². The molecule has 0 radical (unpaired) electrons. The Morgan fingerprint density at radius 2 is 1.23 bits per heavy atom. The summed E-state index contributed by atoms with van der Waals surface area (Å²) in [6.45, 7) is 0. The van der Waals surface area contributed by atoms with Gasteiger partial charge in [-0.25, -0.2) is 0 Å². The third-order valence-corrected chi connectivity index (χ3v) is 6.93. The van der Waals surface area contributed by atoms with E-state index in [0.717, 1.165) is 72.4 Å². The summed E-state index contributed by atoms with van der Waals surface area (Å²) in [7, 11) is 0. The maximum atomic E-state index is 6.41. The van der Waals surface area contributed by atoms with Crippen LogP contribution in [-0.2, 0) is 0 Å². The molecule has 35 heavy (non-hydrogen) atoms. The van der Waals surface area contributed by atoms with Crippen LogP contribution in [0, 0.1) is 0 Å². The Morgan fingerprint density at radius 1 is 0.429 bits per heavy atom. The molecule has 0 unspecified atom stereocenters. The number of hydrogen-bond donors (Lipinski definition) is 0. The van der Waals surface area contributed by atoms with Crippen molar-refractivity contribution in [2.75, 3.05) is 0 Å². The quantitative estimate of drug-likeness (QED) is 0.263. The Balaban J connectivity index is 1.26. The van der Waals surface area contributed by atoms with Gasteiger partial charge in [0, 0.05) is 32.8 Å². The van der Waals surface area contributed by atoms with Crippen molar-refractivity contribution in [2.45, 2.75) is 0 Å². The van der Waals surface area contributed by atoms with Crippen LogP contribution in [0.2, 0.25) is 0 Å². The molecule has 7 aromatic rings. The van der Waals surface area contributed by atoms with Gasteiger partial charge >= 0.3 is 0 Å². The van der Waals surface area contributed by atoms with E-state index in [9.17, 15) is 0 Å². The fourth-order valence-corrected chi connectivity index (χ4v) is 5.31. The number of furan rings is 2. The number of benzene rings is 5. The summed E-state index contributed by atoms with van der Waals surface area (Å²) in [6.07, 6.45) is 0. The van der Waals surface area contributed by atoms with Gasteiger partial charge in [0.15, 0.2) is 0 Å². The third-order valence-electron chi connectivity index (χ3n) is 6.93. The molecule has 0 atom stereocenters. The predicted octanol–water partition coefficient (Wildman–Crippen LogP) is 9.44. The highest BCUT2D eigenvalue weighted by atomic mass is 16.5. The lowest BCUT2D eigenvalue weighted by molar-refractivity contribution is 0.487. The van der Waals surface area contributed by atoms with Gasteiger partial charge in [-0.2, -0.15) is 0 Å². The van der Waals surface area contributed by atoms with Crippen molar-refractivity contribution in [3.63, 3.8) is 0 Å². The summed E-state index contributed by atoms with van der Waals surface area (Å²) in [5.74, 6) is 3.40. The van der Waals surface area contributed by atoms with E-state index in [1.807, 2.05) is 54.6 Å². The molecule has 164 valence electrons. The molecule has 2 aromatic heterocycles. The van der Waals surface area contributed by atoms with Crippen molar-refractivity contribution >= 4 is 32.7 Å². The van der Waals surface area contributed by atoms with E-state index in [-0.39, 0.29) is 0 Å². The molecule has 0 bridgehead atoms. The minimum absolute atomic E-state index is 0.810. The smallest absolute Gasteiger partial charge is 0.136 e. The maximum absolute atomic E-state index is 6.41. The van der Waals surface area contributed by atoms with Gasteiger partial charge in [0.2, 0.25) is 0 Å². The summed E-state index contributed by atoms with van der Waals surface area (Å²) < 4.78 is 18.7. The molecule has 3 heterocycles. The predicted molar refractivity (Wildman–Crippen MR) is 140 cm³/mol. The molecule has 0 amide bonds. The van der Waals surface area contributed by atoms with Gasteiger partial charge in [-0.3, -0.25) is 0 Å². The molecular weight excluding hydrogens is 432 g/mol. The Kier molecular flexibility index (Phi) is 3.66. The van der Waals surface area contributed by atoms with E-state index in [4.69, 9.17) is 13.6 Å². The maximum Gasteiger partial charge on any atom is 0.136 e. The van der Waals surface area contributed by atoms with Gasteiger partial charge in [0.05, 0.1) is 0 Å². The van der Waals surface area contributed by atoms with Crippen molar-refractivity contribution in [2.24, 2.45) is 0 Å². The van der Waals surface area contributed by atoms with Crippen LogP contribution in [0.1, 0.15) is 0 Å². The van der Waals surface area contributed by atoms with E-state index in [0.29, 0.717) is 0 Å². The summed E-state index contributed by atoms with van der Waals surface area (Å²) in [4.78, 5) is 0. The zero-order valence-corrected chi connectivity index (χ0v) is 18.6. The Morgan fingerprint density at radius 3 is 2.23 bits per heavy atom. The van der Waals surface area contributed by atoms with Crippen LogP contribution in [0.3, 0.4) is 0 Å². The number of hydrogen-bond acceptors (Lipinski definition) is 3. The topological polar surface area (TPSA) is 35.5 Å². The van der Waals surface area contributed by atoms with E-state index < -0.39 is 0 Å². The summed E-state index contributed by atoms with van der Waals surface area (Å²) >= 11 is 0. The number of ether oxygens (including phenoxy) is 1. The third kappa shape index (κ3) is 2.66. The van der Waals surface area contributed by atoms with Gasteiger partial charge in [-0.05, 0) is 59.5 Å². The monoisotopic (exact) mass is 450 g/mol. The highest BCUT2D eigenvalue weighted by Gasteiger charge is 2.22. The molecule has 8 rings (SSSR count). The summed E-state index contributed by atoms with van der Waals surface area (Å²) in [5, 5.41) is 4.47. The van der Waals surface area contributed by atoms with Crippen LogP contribution in [0.15, 0.2) is 118 Å². The molecular formula is C32H18O3. The van der Waals surface area contributed by atoms with Gasteiger partial charge in [-0.15, -0.1) is 0 Å². The summed E-state index contributed by atoms with van der Waals surface area (Å²) in [6, 6.07) is 37.2. The molecule has 0 spiro atoms. The number of fused-ring (bicyclic) bond motifs is 5. The minimum Gasteiger partial charge on any atom is -0.456 e. The van der Waals surface area contributed by atoms with E-state index >= 15 is 0 Å². The van der Waals surface area contributed by atoms with E-state index in [1.165, 1.54) is 5.56 Å². The standard InChI is InChI=1S/C32H18O3/c1-3-10-27-20(6-1)22-13-12-19(18-31(22)35-27)26-16-17-29(33-26)23-14-15-30-32-24(8-5-9-25(23)32)21-7-2-4-11-28(21)34-30/h1-18H. The molecule has 3 nitrogen and oxygen atoms in total. The molecule has 3 heteroatoms. The van der Waals surface area contributed by atoms with Gasteiger partial charge in [0.25, 0.3) is 0 Å².